The Balaban J connectivity index is 1.01. The molecule has 29 atom stereocenters. The molecule has 9 aliphatic rings. The van der Waals surface area contributed by atoms with Crippen molar-refractivity contribution in [2.45, 2.75) is 242 Å². The van der Waals surface area contributed by atoms with Gasteiger partial charge in [0.15, 0.2) is 25.2 Å². The van der Waals surface area contributed by atoms with E-state index in [-0.39, 0.29) is 34.0 Å². The maximum atomic E-state index is 13.3. The summed E-state index contributed by atoms with van der Waals surface area (Å²) in [5, 5.41) is 142. The molecule has 0 amide bonds. The number of aliphatic carboxylic acids is 1. The fourth-order valence-corrected chi connectivity index (χ4v) is 16.5. The molecule has 9 rings (SSSR count). The van der Waals surface area contributed by atoms with Crippen molar-refractivity contribution in [3.8, 4) is 0 Å². The lowest BCUT2D eigenvalue weighted by Crippen LogP contribution is -2.68. The maximum absolute atomic E-state index is 13.3. The Morgan fingerprint density at radius 1 is 0.613 bits per heavy atom. The Kier molecular flexibility index (Phi) is 16.1. The van der Waals surface area contributed by atoms with Crippen LogP contribution in [0.2, 0.25) is 0 Å². The number of carboxylic acids is 1. The molecule has 22 heteroatoms. The van der Waals surface area contributed by atoms with E-state index < -0.39 is 171 Å². The number of aliphatic hydroxyl groups excluding tert-OH is 11. The van der Waals surface area contributed by atoms with Crippen molar-refractivity contribution >= 4 is 5.97 Å². The second-order valence-corrected chi connectivity index (χ2v) is 25.5. The summed E-state index contributed by atoms with van der Waals surface area (Å²) in [5.41, 5.74) is -2.54. The van der Waals surface area contributed by atoms with E-state index in [9.17, 15) is 71.2 Å². The highest BCUT2D eigenvalue weighted by atomic mass is 16.8. The molecule has 8 fully saturated rings. The summed E-state index contributed by atoms with van der Waals surface area (Å²) in [7, 11) is 0. The molecule has 4 aliphatic heterocycles. The molecular formula is C53H86O22. The third kappa shape index (κ3) is 9.12. The lowest BCUT2D eigenvalue weighted by atomic mass is 9.33. The zero-order valence-electron chi connectivity index (χ0n) is 44.4. The van der Waals surface area contributed by atoms with E-state index >= 15 is 0 Å². The van der Waals surface area contributed by atoms with Gasteiger partial charge < -0.3 is 104 Å². The first-order valence-electron chi connectivity index (χ1n) is 27.3. The van der Waals surface area contributed by atoms with Gasteiger partial charge in [0.2, 0.25) is 0 Å². The monoisotopic (exact) mass is 1070 g/mol. The van der Waals surface area contributed by atoms with Crippen LogP contribution in [0.15, 0.2) is 11.6 Å². The number of allylic oxidation sites excluding steroid dienone is 1. The largest absolute Gasteiger partial charge is 0.481 e. The van der Waals surface area contributed by atoms with E-state index in [1.165, 1.54) is 6.92 Å². The van der Waals surface area contributed by atoms with Crippen LogP contribution in [-0.2, 0) is 42.7 Å². The lowest BCUT2D eigenvalue weighted by molar-refractivity contribution is -0.401. The highest BCUT2D eigenvalue weighted by molar-refractivity contribution is 5.77. The van der Waals surface area contributed by atoms with E-state index in [2.05, 4.69) is 40.7 Å². The average molecular weight is 1080 g/mol. The van der Waals surface area contributed by atoms with Gasteiger partial charge in [-0.2, -0.15) is 0 Å². The third-order valence-corrected chi connectivity index (χ3v) is 21.5. The Labute approximate surface area is 437 Å². The van der Waals surface area contributed by atoms with Crippen molar-refractivity contribution in [3.63, 3.8) is 0 Å². The first kappa shape index (κ1) is 58.1. The van der Waals surface area contributed by atoms with E-state index in [1.807, 2.05) is 13.8 Å². The van der Waals surface area contributed by atoms with Crippen molar-refractivity contribution in [2.24, 2.45) is 50.7 Å². The Morgan fingerprint density at radius 2 is 1.20 bits per heavy atom. The standard InChI is InChI=1S/C53H86O22/c1-22-11-16-53(47(65)66)18-17-50(6)24(42(53)52(22,8)67)9-10-29-49(5)14-13-30(48(3,4)28(49)12-15-51(29,50)7)72-45-41(75-43-37(63)34(60)31(57)23(2)69-43)39(25(56)21-68-45)73-46-40(36(62)33(59)27(20-55)71-46)74-44-38(64)35(61)32(58)26(19-54)70-44/h9,22-23,25-46,54-64,67H,10-21H2,1-8H3,(H,65,66)/t22-,23+,25+,26-,27-,28+,29-,30+,31+,32-,33-,34-,35+,36+,37-,38-,39+,40-,41-,42-,43+,44+,45+,46+,49+,50-,51-,52-,53+/m1/s1. The average Bonchev–Trinajstić information content (AvgIpc) is 3.35. The highest BCUT2D eigenvalue weighted by Crippen LogP contribution is 2.76. The summed E-state index contributed by atoms with van der Waals surface area (Å²) in [6.07, 6.45) is -24.1. The number of ether oxygens (including phenoxy) is 8. The minimum Gasteiger partial charge on any atom is -0.481 e. The third-order valence-electron chi connectivity index (χ3n) is 21.5. The van der Waals surface area contributed by atoms with Crippen molar-refractivity contribution < 1.29 is 109 Å². The van der Waals surface area contributed by atoms with Crippen LogP contribution in [0.3, 0.4) is 0 Å². The Morgan fingerprint density at radius 3 is 1.84 bits per heavy atom. The minimum absolute atomic E-state index is 0.0724. The summed E-state index contributed by atoms with van der Waals surface area (Å²) in [5.74, 6) is -1.14. The molecule has 0 unspecified atom stereocenters. The first-order chi connectivity index (χ1) is 35.0. The molecule has 22 nitrogen and oxygen atoms in total. The Hall–Kier alpha value is -1.59. The van der Waals surface area contributed by atoms with Crippen molar-refractivity contribution in [3.05, 3.63) is 11.6 Å². The maximum Gasteiger partial charge on any atom is 0.310 e. The molecule has 4 heterocycles. The molecule has 0 aromatic carbocycles. The summed E-state index contributed by atoms with van der Waals surface area (Å²) in [6.45, 7) is 14.6. The summed E-state index contributed by atoms with van der Waals surface area (Å²) < 4.78 is 49.5. The fourth-order valence-electron chi connectivity index (χ4n) is 16.5. The van der Waals surface area contributed by atoms with Gasteiger partial charge >= 0.3 is 5.97 Å². The molecule has 430 valence electrons. The van der Waals surface area contributed by atoms with Crippen LogP contribution < -0.4 is 0 Å². The van der Waals surface area contributed by atoms with Gasteiger partial charge in [0.1, 0.15) is 85.5 Å². The molecule has 4 saturated heterocycles. The number of fused-ring (bicyclic) bond motifs is 7. The molecule has 4 saturated carbocycles. The molecule has 0 bridgehead atoms. The van der Waals surface area contributed by atoms with Gasteiger partial charge in [-0.1, -0.05) is 53.2 Å². The fraction of sp³-hybridized carbons (Fsp3) is 0.943. The zero-order valence-corrected chi connectivity index (χ0v) is 44.4. The summed E-state index contributed by atoms with van der Waals surface area (Å²) in [4.78, 5) is 13.3. The number of hydrogen-bond donors (Lipinski definition) is 13. The topological polar surface area (TPSA) is 354 Å². The molecule has 0 aromatic rings. The first-order valence-corrected chi connectivity index (χ1v) is 27.3. The molecule has 0 spiro atoms. The minimum atomic E-state index is -1.96. The van der Waals surface area contributed by atoms with Gasteiger partial charge in [-0.25, -0.2) is 0 Å². The second kappa shape index (κ2) is 20.7. The number of carboxylic acid groups (broad SMARTS) is 1. The van der Waals surface area contributed by atoms with E-state index in [0.29, 0.717) is 32.1 Å². The SMILES string of the molecule is C[C@@H]1O[C@@H](O[C@H]2[C@H](O[C@H]3CC[C@]4(C)[C@H]5CC=C6[C@H]7[C@](C(=O)O)(CC[C@@H](C)[C@@]7(C)O)CC[C@@]6(C)[C@]5(C)CC[C@H]4C3(C)C)OC[C@H](O)[C@@H]2O[C@@H]2O[C@H](CO)[C@@H](O)[C@H](O)[C@H]2O[C@@H]2O[C@H](CO)[C@@H](O)[C@H](O)[C@H]2O)[C@H](O)[C@H](O)[C@H]1O. The Bertz CT molecular complexity index is 2080. The van der Waals surface area contributed by atoms with Crippen LogP contribution in [-0.4, -0.2) is 221 Å². The molecule has 5 aliphatic carbocycles. The van der Waals surface area contributed by atoms with Crippen LogP contribution in [0.25, 0.3) is 0 Å². The quantitative estimate of drug-likeness (QED) is 0.0887. The number of carbonyl (C=O) groups is 1. The van der Waals surface area contributed by atoms with Gasteiger partial charge in [-0.05, 0) is 111 Å². The van der Waals surface area contributed by atoms with Crippen LogP contribution >= 0.6 is 0 Å². The van der Waals surface area contributed by atoms with Crippen LogP contribution in [0.4, 0.5) is 0 Å². The van der Waals surface area contributed by atoms with Crippen molar-refractivity contribution in [1.29, 1.82) is 0 Å². The molecule has 13 N–H and O–H groups in total. The normalized spacial score (nSPS) is 55.9. The van der Waals surface area contributed by atoms with Gasteiger partial charge in [0.05, 0.1) is 43.0 Å². The summed E-state index contributed by atoms with van der Waals surface area (Å²) >= 11 is 0. The van der Waals surface area contributed by atoms with Crippen LogP contribution in [0.1, 0.15) is 113 Å². The molecule has 0 aromatic heterocycles. The van der Waals surface area contributed by atoms with Gasteiger partial charge in [-0.3, -0.25) is 4.79 Å². The van der Waals surface area contributed by atoms with E-state index in [0.717, 1.165) is 31.3 Å². The zero-order chi connectivity index (χ0) is 54.9. The molecular weight excluding hydrogens is 989 g/mol. The van der Waals surface area contributed by atoms with E-state index in [1.54, 1.807) is 0 Å². The second-order valence-electron chi connectivity index (χ2n) is 25.5. The van der Waals surface area contributed by atoms with Gasteiger partial charge in [-0.15, -0.1) is 0 Å². The van der Waals surface area contributed by atoms with Crippen molar-refractivity contribution in [1.82, 2.24) is 0 Å². The predicted octanol–water partition coefficient (Wildman–Crippen LogP) is -0.832. The highest BCUT2D eigenvalue weighted by Gasteiger charge is 2.72. The van der Waals surface area contributed by atoms with Gasteiger partial charge in [0, 0.05) is 5.92 Å². The van der Waals surface area contributed by atoms with Crippen LogP contribution in [0, 0.1) is 50.7 Å². The predicted molar refractivity (Wildman–Crippen MR) is 257 cm³/mol. The molecule has 75 heavy (non-hydrogen) atoms. The number of hydrogen-bond acceptors (Lipinski definition) is 21. The lowest BCUT2D eigenvalue weighted by Gasteiger charge is -2.72. The number of aliphatic hydroxyl groups is 12. The van der Waals surface area contributed by atoms with Gasteiger partial charge in [0.25, 0.3) is 0 Å². The number of rotatable bonds is 11. The van der Waals surface area contributed by atoms with Crippen molar-refractivity contribution in [2.75, 3.05) is 19.8 Å². The molecule has 0 radical (unpaired) electrons. The van der Waals surface area contributed by atoms with Crippen LogP contribution in [0.5, 0.6) is 0 Å². The van der Waals surface area contributed by atoms with E-state index in [4.69, 9.17) is 37.9 Å². The summed E-state index contributed by atoms with van der Waals surface area (Å²) in [6, 6.07) is 0. The smallest absolute Gasteiger partial charge is 0.310 e.